The molecule has 4 rings (SSSR count). The van der Waals surface area contributed by atoms with E-state index in [1.165, 1.54) is 11.3 Å². The Bertz CT molecular complexity index is 1190. The monoisotopic (exact) mass is 461 g/mol. The van der Waals surface area contributed by atoms with Gasteiger partial charge in [0, 0.05) is 22.5 Å². The van der Waals surface area contributed by atoms with Crippen molar-refractivity contribution in [3.63, 3.8) is 0 Å². The molecule has 0 spiro atoms. The fourth-order valence-electron chi connectivity index (χ4n) is 3.28. The quantitative estimate of drug-likeness (QED) is 0.394. The van der Waals surface area contributed by atoms with Gasteiger partial charge >= 0.3 is 0 Å². The van der Waals surface area contributed by atoms with E-state index in [2.05, 4.69) is 10.3 Å². The summed E-state index contributed by atoms with van der Waals surface area (Å²) in [6.07, 6.45) is -1.16. The van der Waals surface area contributed by atoms with Gasteiger partial charge in [-0.15, -0.1) is 16.4 Å². The molecule has 0 saturated carbocycles. The number of fused-ring (bicyclic) bond motifs is 1. The number of methoxy groups -OCH3 is 1. The number of aromatic nitrogens is 3. The Labute approximate surface area is 187 Å². The third-order valence-electron chi connectivity index (χ3n) is 4.98. The van der Waals surface area contributed by atoms with Gasteiger partial charge in [-0.05, 0) is 36.8 Å². The molecule has 0 bridgehead atoms. The normalized spacial score (nSPS) is 12.4. The number of aliphatic hydroxyl groups excluding tert-OH is 1. The number of rotatable bonds is 8. The van der Waals surface area contributed by atoms with Gasteiger partial charge in [-0.25, -0.2) is 9.07 Å². The van der Waals surface area contributed by atoms with Crippen LogP contribution in [0.15, 0.2) is 42.5 Å². The molecule has 0 aliphatic rings. The van der Waals surface area contributed by atoms with E-state index in [0.29, 0.717) is 27.9 Å². The maximum atomic E-state index is 15.0. The topological polar surface area (TPSA) is 69.4 Å². The average Bonchev–Trinajstić information content (AvgIpc) is 3.38. The van der Waals surface area contributed by atoms with E-state index in [-0.39, 0.29) is 17.7 Å². The van der Waals surface area contributed by atoms with Crippen LogP contribution in [0.1, 0.15) is 34.6 Å². The van der Waals surface area contributed by atoms with E-state index in [1.807, 2.05) is 31.2 Å². The molecule has 31 heavy (non-hydrogen) atoms. The molecule has 0 fully saturated rings. The van der Waals surface area contributed by atoms with Gasteiger partial charge in [-0.3, -0.25) is 0 Å². The molecule has 6 nitrogen and oxygen atoms in total. The molecule has 2 heterocycles. The van der Waals surface area contributed by atoms with E-state index in [1.54, 1.807) is 30.0 Å². The smallest absolute Gasteiger partial charge is 0.159 e. The molecular formula is C22H21ClFN3O3S. The summed E-state index contributed by atoms with van der Waals surface area (Å²) >= 11 is 7.55. The summed E-state index contributed by atoms with van der Waals surface area (Å²) in [5.41, 5.74) is 2.62. The van der Waals surface area contributed by atoms with Crippen LogP contribution in [0.4, 0.5) is 4.39 Å². The number of halogens is 2. The van der Waals surface area contributed by atoms with Crippen molar-refractivity contribution >= 4 is 34.0 Å². The predicted octanol–water partition coefficient (Wildman–Crippen LogP) is 5.11. The van der Waals surface area contributed by atoms with Crippen molar-refractivity contribution in [1.82, 2.24) is 15.0 Å². The van der Waals surface area contributed by atoms with Crippen molar-refractivity contribution in [1.29, 1.82) is 0 Å². The van der Waals surface area contributed by atoms with Gasteiger partial charge in [0.1, 0.15) is 17.4 Å². The Morgan fingerprint density at radius 3 is 2.68 bits per heavy atom. The van der Waals surface area contributed by atoms with Gasteiger partial charge in [0.2, 0.25) is 0 Å². The zero-order chi connectivity index (χ0) is 22.0. The molecule has 1 unspecified atom stereocenters. The minimum atomic E-state index is -1.16. The summed E-state index contributed by atoms with van der Waals surface area (Å²) in [7, 11) is 1.62. The Kier molecular flexibility index (Phi) is 6.52. The number of thiophene rings is 1. The van der Waals surface area contributed by atoms with Crippen LogP contribution in [0.3, 0.4) is 0 Å². The molecule has 0 aliphatic heterocycles. The third kappa shape index (κ3) is 4.43. The van der Waals surface area contributed by atoms with Crippen LogP contribution in [0.2, 0.25) is 4.34 Å². The highest BCUT2D eigenvalue weighted by molar-refractivity contribution is 7.16. The van der Waals surface area contributed by atoms with E-state index in [0.717, 1.165) is 16.9 Å². The number of hydrogen-bond donors (Lipinski definition) is 1. The summed E-state index contributed by atoms with van der Waals surface area (Å²) in [5, 5.41) is 18.6. The number of ether oxygens (including phenoxy) is 2. The van der Waals surface area contributed by atoms with E-state index in [4.69, 9.17) is 21.1 Å². The largest absolute Gasteiger partial charge is 0.497 e. The molecule has 1 atom stereocenters. The second-order valence-corrected chi connectivity index (χ2v) is 8.62. The maximum Gasteiger partial charge on any atom is 0.159 e. The van der Waals surface area contributed by atoms with Crippen molar-refractivity contribution in [3.8, 4) is 5.75 Å². The van der Waals surface area contributed by atoms with Gasteiger partial charge in [0.25, 0.3) is 0 Å². The maximum absolute atomic E-state index is 15.0. The second-order valence-electron chi connectivity index (χ2n) is 6.93. The summed E-state index contributed by atoms with van der Waals surface area (Å²) < 4.78 is 28.0. The van der Waals surface area contributed by atoms with Crippen LogP contribution >= 0.6 is 22.9 Å². The lowest BCUT2D eigenvalue weighted by Crippen LogP contribution is -2.02. The van der Waals surface area contributed by atoms with Crippen molar-refractivity contribution in [2.75, 3.05) is 7.11 Å². The second kappa shape index (κ2) is 9.32. The highest BCUT2D eigenvalue weighted by Crippen LogP contribution is 2.36. The van der Waals surface area contributed by atoms with Crippen LogP contribution in [-0.4, -0.2) is 27.2 Å². The average molecular weight is 462 g/mol. The minimum absolute atomic E-state index is 0.138. The molecule has 4 aromatic rings. The molecule has 2 aromatic carbocycles. The van der Waals surface area contributed by atoms with E-state index in [9.17, 15) is 9.50 Å². The lowest BCUT2D eigenvalue weighted by Gasteiger charge is -2.10. The zero-order valence-corrected chi connectivity index (χ0v) is 18.6. The highest BCUT2D eigenvalue weighted by atomic mass is 35.5. The first-order chi connectivity index (χ1) is 15.0. The molecule has 2 aromatic heterocycles. The first-order valence-electron chi connectivity index (χ1n) is 9.70. The Hall–Kier alpha value is -2.52. The van der Waals surface area contributed by atoms with Crippen molar-refractivity contribution in [2.24, 2.45) is 0 Å². The van der Waals surface area contributed by atoms with Crippen LogP contribution in [-0.2, 0) is 24.5 Å². The molecule has 0 amide bonds. The Balaban J connectivity index is 1.47. The number of aryl methyl sites for hydroxylation is 1. The number of benzene rings is 2. The van der Waals surface area contributed by atoms with Gasteiger partial charge in [0.05, 0.1) is 30.2 Å². The first kappa shape index (κ1) is 21.7. The summed E-state index contributed by atoms with van der Waals surface area (Å²) in [4.78, 5) is 0.536. The van der Waals surface area contributed by atoms with Crippen LogP contribution < -0.4 is 4.74 Å². The molecular weight excluding hydrogens is 441 g/mol. The molecule has 1 N–H and O–H groups in total. The number of nitrogens with zero attached hydrogens (tertiary/aromatic N) is 3. The summed E-state index contributed by atoms with van der Waals surface area (Å²) in [5.74, 6) is 0.206. The zero-order valence-electron chi connectivity index (χ0n) is 17.0. The van der Waals surface area contributed by atoms with Gasteiger partial charge in [0.15, 0.2) is 5.82 Å². The highest BCUT2D eigenvalue weighted by Gasteiger charge is 2.22. The molecule has 0 saturated heterocycles. The molecule has 0 aliphatic carbocycles. The first-order valence-corrected chi connectivity index (χ1v) is 10.9. The van der Waals surface area contributed by atoms with Crippen LogP contribution in [0.25, 0.3) is 11.0 Å². The molecule has 9 heteroatoms. The SMILES string of the molecule is CCn1nnc2c(F)c(C(O)c3cc(COCc4ccc(OC)cc4)c(Cl)s3)ccc21. The van der Waals surface area contributed by atoms with Crippen molar-refractivity contribution in [3.05, 3.63) is 74.2 Å². The van der Waals surface area contributed by atoms with Crippen LogP contribution in [0, 0.1) is 5.82 Å². The Morgan fingerprint density at radius 1 is 1.19 bits per heavy atom. The van der Waals surface area contributed by atoms with Crippen molar-refractivity contribution in [2.45, 2.75) is 32.8 Å². The summed E-state index contributed by atoms with van der Waals surface area (Å²) in [6.45, 7) is 3.17. The minimum Gasteiger partial charge on any atom is -0.497 e. The van der Waals surface area contributed by atoms with Gasteiger partial charge in [-0.2, -0.15) is 0 Å². The summed E-state index contributed by atoms with van der Waals surface area (Å²) in [6, 6.07) is 12.6. The van der Waals surface area contributed by atoms with E-state index >= 15 is 0 Å². The van der Waals surface area contributed by atoms with E-state index < -0.39 is 11.9 Å². The van der Waals surface area contributed by atoms with Crippen molar-refractivity contribution < 1.29 is 19.0 Å². The van der Waals surface area contributed by atoms with Gasteiger partial charge < -0.3 is 14.6 Å². The van der Waals surface area contributed by atoms with Gasteiger partial charge in [-0.1, -0.05) is 35.0 Å². The lowest BCUT2D eigenvalue weighted by molar-refractivity contribution is 0.107. The number of aliphatic hydroxyl groups is 1. The lowest BCUT2D eigenvalue weighted by atomic mass is 10.1. The van der Waals surface area contributed by atoms with Crippen LogP contribution in [0.5, 0.6) is 5.75 Å². The third-order valence-corrected chi connectivity index (χ3v) is 6.47. The fraction of sp³-hybridized carbons (Fsp3) is 0.273. The molecule has 162 valence electrons. The standard InChI is InChI=1S/C22H21ClFN3O3S/c1-3-27-17-9-8-16(19(24)20(17)25-26-27)21(28)18-10-14(22(23)31-18)12-30-11-13-4-6-15(29-2)7-5-13/h4-10,21,28H,3,11-12H2,1-2H3. The fourth-order valence-corrected chi connectivity index (χ4v) is 4.55. The Morgan fingerprint density at radius 2 is 1.97 bits per heavy atom. The number of hydrogen-bond acceptors (Lipinski definition) is 6. The molecule has 0 radical (unpaired) electrons. The predicted molar refractivity (Wildman–Crippen MR) is 118 cm³/mol.